The fraction of sp³-hybridized carbons (Fsp3) is 0.880. The summed E-state index contributed by atoms with van der Waals surface area (Å²) in [4.78, 5) is 11.4. The molecule has 0 aromatic heterocycles. The number of ether oxygens (including phenoxy) is 1. The van der Waals surface area contributed by atoms with Crippen LogP contribution in [0.1, 0.15) is 80.6 Å². The lowest BCUT2D eigenvalue weighted by Crippen LogP contribution is -2.54. The quantitative estimate of drug-likeness (QED) is 0.133. The van der Waals surface area contributed by atoms with E-state index in [0.717, 1.165) is 19.3 Å². The molecule has 0 fully saturated rings. The lowest BCUT2D eigenvalue weighted by molar-refractivity contribution is -0.140. The smallest absolute Gasteiger partial charge is 0.305 e. The van der Waals surface area contributed by atoms with Crippen LogP contribution in [0.3, 0.4) is 0 Å². The van der Waals surface area contributed by atoms with Gasteiger partial charge in [-0.05, 0) is 55.5 Å². The molecule has 190 valence electrons. The van der Waals surface area contributed by atoms with Crippen LogP contribution in [-0.4, -0.2) is 53.1 Å². The van der Waals surface area contributed by atoms with E-state index in [1.54, 1.807) is 0 Å². The molecule has 0 amide bonds. The fourth-order valence-corrected chi connectivity index (χ4v) is 5.34. The van der Waals surface area contributed by atoms with Crippen molar-refractivity contribution in [3.05, 3.63) is 12.2 Å². The molecule has 0 aromatic carbocycles. The summed E-state index contributed by atoms with van der Waals surface area (Å²) in [6.07, 6.45) is 6.23. The summed E-state index contributed by atoms with van der Waals surface area (Å²) in [5.74, 6) is -0.190. The van der Waals surface area contributed by atoms with Gasteiger partial charge in [0.25, 0.3) is 0 Å². The Kier molecular flexibility index (Phi) is 12.6. The molecule has 0 aliphatic carbocycles. The van der Waals surface area contributed by atoms with Gasteiger partial charge in [-0.2, -0.15) is 0 Å². The molecular formula is C25H52O5Si2. The number of carbonyl (C=O) groups excluding carboxylic acids is 1. The number of esters is 1. The predicted octanol–water partition coefficient (Wildman–Crippen LogP) is 6.83. The number of unbranched alkanes of at least 4 members (excludes halogenated alkanes) is 1. The summed E-state index contributed by atoms with van der Waals surface area (Å²) in [6.45, 7) is 24.3. The number of carbonyl (C=O) groups is 1. The first kappa shape index (κ1) is 31.5. The average molecular weight is 489 g/mol. The average Bonchev–Trinajstić information content (AvgIpc) is 2.62. The topological polar surface area (TPSA) is 65.0 Å². The van der Waals surface area contributed by atoms with Gasteiger partial charge in [-0.25, -0.2) is 0 Å². The summed E-state index contributed by atoms with van der Waals surface area (Å²) in [5.41, 5.74) is 0. The van der Waals surface area contributed by atoms with Gasteiger partial charge in [0.05, 0.1) is 25.4 Å². The van der Waals surface area contributed by atoms with E-state index >= 15 is 0 Å². The molecular weight excluding hydrogens is 436 g/mol. The van der Waals surface area contributed by atoms with Gasteiger partial charge >= 0.3 is 5.97 Å². The number of hydrogen-bond acceptors (Lipinski definition) is 5. The first-order valence-electron chi connectivity index (χ1n) is 12.2. The highest BCUT2D eigenvalue weighted by molar-refractivity contribution is 6.74. The van der Waals surface area contributed by atoms with Crippen molar-refractivity contribution in [2.24, 2.45) is 0 Å². The second-order valence-corrected chi connectivity index (χ2v) is 21.5. The minimum atomic E-state index is -2.14. The monoisotopic (exact) mass is 488 g/mol. The number of aliphatic hydroxyl groups excluding tert-OH is 1. The Morgan fingerprint density at radius 1 is 0.969 bits per heavy atom. The fourth-order valence-electron chi connectivity index (χ4n) is 2.77. The Labute approximate surface area is 200 Å². The Hall–Kier alpha value is -0.476. The Morgan fingerprint density at radius 3 is 1.91 bits per heavy atom. The van der Waals surface area contributed by atoms with Crippen LogP contribution in [0, 0.1) is 0 Å². The zero-order chi connectivity index (χ0) is 25.4. The number of rotatable bonds is 13. The largest absolute Gasteiger partial charge is 0.469 e. The van der Waals surface area contributed by atoms with E-state index in [1.807, 2.05) is 0 Å². The van der Waals surface area contributed by atoms with Crippen molar-refractivity contribution in [3.8, 4) is 0 Å². The van der Waals surface area contributed by atoms with Gasteiger partial charge in [0.2, 0.25) is 0 Å². The second kappa shape index (κ2) is 12.8. The molecule has 0 heterocycles. The molecule has 0 aliphatic heterocycles. The van der Waals surface area contributed by atoms with Crippen LogP contribution in [0.5, 0.6) is 0 Å². The number of aliphatic hydroxyl groups is 1. The van der Waals surface area contributed by atoms with E-state index in [4.69, 9.17) is 13.6 Å². The lowest BCUT2D eigenvalue weighted by atomic mass is 10.0. The van der Waals surface area contributed by atoms with Crippen LogP contribution in [0.25, 0.3) is 0 Å². The number of hydrogen-bond donors (Lipinski definition) is 1. The molecule has 1 N–H and O–H groups in total. The normalized spacial score (nSPS) is 16.8. The third-order valence-corrected chi connectivity index (χ3v) is 16.0. The van der Waals surface area contributed by atoms with Crippen LogP contribution < -0.4 is 0 Å². The van der Waals surface area contributed by atoms with Crippen LogP contribution in [0.15, 0.2) is 12.2 Å². The molecule has 0 aliphatic rings. The third kappa shape index (κ3) is 10.2. The summed E-state index contributed by atoms with van der Waals surface area (Å²) >= 11 is 0. The van der Waals surface area contributed by atoms with E-state index in [-0.39, 0.29) is 22.1 Å². The number of allylic oxidation sites excluding steroid dienone is 1. The first-order chi connectivity index (χ1) is 14.4. The Morgan fingerprint density at radius 2 is 1.47 bits per heavy atom. The molecule has 0 bridgehead atoms. The number of methoxy groups -OCH3 is 1. The van der Waals surface area contributed by atoms with Gasteiger partial charge in [0.15, 0.2) is 16.6 Å². The van der Waals surface area contributed by atoms with Crippen LogP contribution in [0.4, 0.5) is 0 Å². The maximum Gasteiger partial charge on any atom is 0.305 e. The van der Waals surface area contributed by atoms with E-state index in [2.05, 4.69) is 86.8 Å². The van der Waals surface area contributed by atoms with Crippen LogP contribution in [-0.2, 0) is 18.4 Å². The van der Waals surface area contributed by atoms with Crippen LogP contribution in [0.2, 0.25) is 36.3 Å². The van der Waals surface area contributed by atoms with Crippen molar-refractivity contribution in [1.82, 2.24) is 0 Å². The van der Waals surface area contributed by atoms with Crippen molar-refractivity contribution in [1.29, 1.82) is 0 Å². The minimum Gasteiger partial charge on any atom is -0.469 e. The Balaban J connectivity index is 5.96. The highest BCUT2D eigenvalue weighted by Gasteiger charge is 2.45. The van der Waals surface area contributed by atoms with Crippen molar-refractivity contribution >= 4 is 22.6 Å². The molecule has 0 radical (unpaired) electrons. The minimum absolute atomic E-state index is 0.0307. The third-order valence-electron chi connectivity index (χ3n) is 7.07. The van der Waals surface area contributed by atoms with Gasteiger partial charge in [0.1, 0.15) is 0 Å². The molecule has 5 nitrogen and oxygen atoms in total. The first-order valence-corrected chi connectivity index (χ1v) is 18.0. The zero-order valence-corrected chi connectivity index (χ0v) is 25.0. The molecule has 7 heteroatoms. The summed E-state index contributed by atoms with van der Waals surface area (Å²) < 4.78 is 18.4. The van der Waals surface area contributed by atoms with Gasteiger partial charge in [-0.1, -0.05) is 67.0 Å². The van der Waals surface area contributed by atoms with Crippen molar-refractivity contribution in [2.45, 2.75) is 135 Å². The predicted molar refractivity (Wildman–Crippen MR) is 140 cm³/mol. The maximum atomic E-state index is 11.4. The molecule has 0 saturated heterocycles. The Bertz CT molecular complexity index is 588. The maximum absolute atomic E-state index is 11.4. The van der Waals surface area contributed by atoms with Gasteiger partial charge in [-0.15, -0.1) is 0 Å². The highest BCUT2D eigenvalue weighted by atomic mass is 28.4. The molecule has 32 heavy (non-hydrogen) atoms. The van der Waals surface area contributed by atoms with Crippen molar-refractivity contribution in [3.63, 3.8) is 0 Å². The van der Waals surface area contributed by atoms with Crippen molar-refractivity contribution in [2.75, 3.05) is 7.11 Å². The van der Waals surface area contributed by atoms with E-state index in [0.29, 0.717) is 12.8 Å². The lowest BCUT2D eigenvalue weighted by Gasteiger charge is -2.45. The van der Waals surface area contributed by atoms with E-state index in [1.165, 1.54) is 7.11 Å². The second-order valence-electron chi connectivity index (χ2n) is 11.9. The van der Waals surface area contributed by atoms with Gasteiger partial charge in [-0.3, -0.25) is 4.79 Å². The standard InChI is InChI=1S/C25H52O5Si2/c1-13-17-20(26)23(30-32(11,12)25(5,6)7)21(29-31(9,10)24(2,3)4)18-15-14-16-19-22(27)28-8/h15,18,20-21,23,26H,13-14,16-17,19H2,1-12H3/b18-15+/t20-,21+,23-/m1/s1. The molecule has 3 atom stereocenters. The highest BCUT2D eigenvalue weighted by Crippen LogP contribution is 2.41. The summed E-state index contributed by atoms with van der Waals surface area (Å²) in [7, 11) is -2.84. The van der Waals surface area contributed by atoms with E-state index in [9.17, 15) is 9.90 Å². The summed E-state index contributed by atoms with van der Waals surface area (Å²) in [6, 6.07) is 0. The molecule has 0 saturated carbocycles. The van der Waals surface area contributed by atoms with Crippen LogP contribution >= 0.6 is 0 Å². The molecule has 0 aromatic rings. The molecule has 0 unspecified atom stereocenters. The summed E-state index contributed by atoms with van der Waals surface area (Å²) in [5, 5.41) is 11.2. The molecule has 0 rings (SSSR count). The van der Waals surface area contributed by atoms with Gasteiger partial charge < -0.3 is 18.7 Å². The van der Waals surface area contributed by atoms with Crippen molar-refractivity contribution < 1.29 is 23.5 Å². The molecule has 0 spiro atoms. The van der Waals surface area contributed by atoms with E-state index < -0.39 is 28.8 Å². The SMILES string of the molecule is CCC[C@@H](O)[C@@H](O[Si](C)(C)C(C)(C)C)[C@H](/C=C/CCCC(=O)OC)O[Si](C)(C)C(C)(C)C. The zero-order valence-electron chi connectivity index (χ0n) is 23.0. The van der Waals surface area contributed by atoms with Gasteiger partial charge in [0, 0.05) is 6.42 Å².